The second kappa shape index (κ2) is 9.47. The maximum atomic E-state index is 12.3. The van der Waals surface area contributed by atoms with Crippen molar-refractivity contribution >= 4 is 44.4 Å². The molecule has 8 nitrogen and oxygen atoms in total. The van der Waals surface area contributed by atoms with Gasteiger partial charge in [-0.25, -0.2) is 4.79 Å². The number of aryl methyl sites for hydroxylation is 1. The first kappa shape index (κ1) is 20.0. The number of nitrogens with zero attached hydrogens (tertiary/aromatic N) is 5. The summed E-state index contributed by atoms with van der Waals surface area (Å²) in [7, 11) is 0. The van der Waals surface area contributed by atoms with E-state index < -0.39 is 5.97 Å². The quantitative estimate of drug-likeness (QED) is 0.203. The topological polar surface area (TPSA) is 94.3 Å². The van der Waals surface area contributed by atoms with Crippen LogP contribution in [-0.4, -0.2) is 37.8 Å². The monoisotopic (exact) mass is 460 g/mol. The molecular formula is C18H17BrN6O2S. The number of benzene rings is 2. The van der Waals surface area contributed by atoms with Crippen LogP contribution in [0.3, 0.4) is 0 Å². The molecule has 28 heavy (non-hydrogen) atoms. The van der Waals surface area contributed by atoms with Crippen molar-refractivity contribution in [2.24, 2.45) is 5.10 Å². The number of aromatic nitrogens is 4. The Morgan fingerprint density at radius 2 is 1.93 bits per heavy atom. The Kier molecular flexibility index (Phi) is 6.77. The summed E-state index contributed by atoms with van der Waals surface area (Å²) >= 11 is 4.40. The highest BCUT2D eigenvalue weighted by Gasteiger charge is 2.20. The van der Waals surface area contributed by atoms with Crippen molar-refractivity contribution in [1.29, 1.82) is 0 Å². The number of nitrogens with one attached hydrogen (secondary N) is 1. The van der Waals surface area contributed by atoms with Gasteiger partial charge in [-0.15, -0.1) is 5.10 Å². The summed E-state index contributed by atoms with van der Waals surface area (Å²) in [5.74, 6) is -0.560. The van der Waals surface area contributed by atoms with E-state index in [4.69, 9.17) is 4.74 Å². The molecule has 0 fully saturated rings. The van der Waals surface area contributed by atoms with Gasteiger partial charge in [-0.2, -0.15) is 9.78 Å². The molecule has 1 aromatic heterocycles. The van der Waals surface area contributed by atoms with Crippen LogP contribution in [0.25, 0.3) is 5.69 Å². The highest BCUT2D eigenvalue weighted by molar-refractivity contribution is 9.10. The van der Waals surface area contributed by atoms with Crippen molar-refractivity contribution < 1.29 is 9.53 Å². The summed E-state index contributed by atoms with van der Waals surface area (Å²) in [5.41, 5.74) is 5.49. The van der Waals surface area contributed by atoms with Crippen LogP contribution in [0.4, 0.5) is 5.69 Å². The largest absolute Gasteiger partial charge is 0.461 e. The molecule has 3 aromatic rings. The first-order valence-corrected chi connectivity index (χ1v) is 9.97. The number of tetrazole rings is 1. The summed E-state index contributed by atoms with van der Waals surface area (Å²) in [6, 6.07) is 15.1. The van der Waals surface area contributed by atoms with E-state index in [1.165, 1.54) is 0 Å². The Morgan fingerprint density at radius 1 is 1.21 bits per heavy atom. The number of ether oxygens (including phenoxy) is 1. The van der Waals surface area contributed by atoms with Crippen LogP contribution >= 0.6 is 27.7 Å². The highest BCUT2D eigenvalue weighted by atomic mass is 79.9. The predicted octanol–water partition coefficient (Wildman–Crippen LogP) is 3.81. The molecule has 144 valence electrons. The number of hydrogen-bond acceptors (Lipinski definition) is 8. The fourth-order valence-corrected chi connectivity index (χ4v) is 3.10. The van der Waals surface area contributed by atoms with Gasteiger partial charge in [-0.1, -0.05) is 33.6 Å². The minimum atomic E-state index is -0.560. The third-order valence-electron chi connectivity index (χ3n) is 3.49. The molecule has 0 aliphatic rings. The van der Waals surface area contributed by atoms with Crippen molar-refractivity contribution in [2.75, 3.05) is 12.0 Å². The van der Waals surface area contributed by atoms with Crippen molar-refractivity contribution in [3.05, 3.63) is 58.6 Å². The summed E-state index contributed by atoms with van der Waals surface area (Å²) < 4.78 is 7.59. The van der Waals surface area contributed by atoms with Crippen LogP contribution in [0.1, 0.15) is 12.5 Å². The van der Waals surface area contributed by atoms with Crippen molar-refractivity contribution in [2.45, 2.75) is 19.0 Å². The van der Waals surface area contributed by atoms with Crippen molar-refractivity contribution in [1.82, 2.24) is 20.2 Å². The average molecular weight is 461 g/mol. The van der Waals surface area contributed by atoms with Gasteiger partial charge in [0.1, 0.15) is 0 Å². The summed E-state index contributed by atoms with van der Waals surface area (Å²) in [6.45, 7) is 3.97. The molecule has 10 heteroatoms. The molecule has 0 aliphatic heterocycles. The minimum absolute atomic E-state index is 0.0907. The normalized spacial score (nSPS) is 11.3. The van der Waals surface area contributed by atoms with Crippen molar-refractivity contribution in [3.8, 4) is 5.69 Å². The number of thioether (sulfide) groups is 1. The van der Waals surface area contributed by atoms with E-state index >= 15 is 0 Å². The van der Waals surface area contributed by atoms with E-state index in [0.29, 0.717) is 5.16 Å². The molecule has 3 rings (SSSR count). The first-order chi connectivity index (χ1) is 13.6. The van der Waals surface area contributed by atoms with Gasteiger partial charge in [0.15, 0.2) is 0 Å². The summed E-state index contributed by atoms with van der Waals surface area (Å²) in [4.78, 5) is 12.3. The molecule has 0 saturated carbocycles. The molecule has 0 amide bonds. The molecule has 0 saturated heterocycles. The Bertz CT molecular complexity index is 973. The highest BCUT2D eigenvalue weighted by Crippen LogP contribution is 2.21. The Labute approximate surface area is 174 Å². The van der Waals surface area contributed by atoms with Crippen LogP contribution in [0.15, 0.2) is 63.3 Å². The Balaban J connectivity index is 1.85. The molecule has 0 aliphatic carbocycles. The van der Waals surface area contributed by atoms with Crippen LogP contribution in [0.2, 0.25) is 0 Å². The number of carbonyl (C=O) groups excluding carboxylic acids is 1. The zero-order valence-electron chi connectivity index (χ0n) is 15.2. The van der Waals surface area contributed by atoms with E-state index in [0.717, 1.165) is 33.2 Å². The van der Waals surface area contributed by atoms with Crippen LogP contribution in [-0.2, 0) is 9.53 Å². The molecular weight excluding hydrogens is 444 g/mol. The lowest BCUT2D eigenvalue weighted by atomic mass is 10.2. The minimum Gasteiger partial charge on any atom is -0.461 e. The third-order valence-corrected chi connectivity index (χ3v) is 4.91. The Hall–Kier alpha value is -2.72. The van der Waals surface area contributed by atoms with E-state index in [2.05, 4.69) is 42.0 Å². The number of anilines is 1. The SMILES string of the molecule is CCOC(=O)/C(=N/Nc1ccc(Br)cc1)Sc1nnnn1-c1ccc(C)cc1. The first-order valence-electron chi connectivity index (χ1n) is 8.36. The fourth-order valence-electron chi connectivity index (χ4n) is 2.12. The number of hydrogen-bond donors (Lipinski definition) is 1. The smallest absolute Gasteiger partial charge is 0.365 e. The fraction of sp³-hybridized carbons (Fsp3) is 0.167. The van der Waals surface area contributed by atoms with E-state index in [-0.39, 0.29) is 11.7 Å². The van der Waals surface area contributed by atoms with E-state index in [9.17, 15) is 4.79 Å². The lowest BCUT2D eigenvalue weighted by molar-refractivity contribution is -0.134. The van der Waals surface area contributed by atoms with Gasteiger partial charge in [0, 0.05) is 4.47 Å². The average Bonchev–Trinajstić information content (AvgIpc) is 3.15. The number of rotatable bonds is 5. The lowest BCUT2D eigenvalue weighted by Crippen LogP contribution is -2.17. The Morgan fingerprint density at radius 3 is 2.61 bits per heavy atom. The van der Waals surface area contributed by atoms with Gasteiger partial charge >= 0.3 is 5.97 Å². The maximum absolute atomic E-state index is 12.3. The van der Waals surface area contributed by atoms with Crippen molar-refractivity contribution in [3.63, 3.8) is 0 Å². The maximum Gasteiger partial charge on any atom is 0.365 e. The summed E-state index contributed by atoms with van der Waals surface area (Å²) in [6.07, 6.45) is 0. The van der Waals surface area contributed by atoms with Gasteiger partial charge in [0.05, 0.1) is 18.0 Å². The molecule has 2 aromatic carbocycles. The standard InChI is InChI=1S/C18H17BrN6O2S/c1-3-27-17(26)16(21-20-14-8-6-13(19)7-9-14)28-18-22-23-24-25(18)15-10-4-12(2)5-11-15/h4-11,20H,3H2,1-2H3/b21-16-. The second-order valence-electron chi connectivity index (χ2n) is 5.57. The van der Waals surface area contributed by atoms with Crippen LogP contribution in [0.5, 0.6) is 0 Å². The molecule has 0 spiro atoms. The second-order valence-corrected chi connectivity index (χ2v) is 7.44. The number of halogens is 1. The molecule has 0 unspecified atom stereocenters. The third kappa shape index (κ3) is 5.17. The van der Waals surface area contributed by atoms with Gasteiger partial charge in [0.2, 0.25) is 10.2 Å². The number of carbonyl (C=O) groups is 1. The lowest BCUT2D eigenvalue weighted by Gasteiger charge is -2.07. The van der Waals surface area contributed by atoms with Gasteiger partial charge in [-0.05, 0) is 72.4 Å². The van der Waals surface area contributed by atoms with Gasteiger partial charge < -0.3 is 4.74 Å². The molecule has 0 atom stereocenters. The molecule has 1 heterocycles. The van der Waals surface area contributed by atoms with Crippen LogP contribution < -0.4 is 5.43 Å². The zero-order chi connectivity index (χ0) is 19.9. The summed E-state index contributed by atoms with van der Waals surface area (Å²) in [5, 5.41) is 16.4. The molecule has 0 bridgehead atoms. The molecule has 0 radical (unpaired) electrons. The van der Waals surface area contributed by atoms with E-state index in [1.54, 1.807) is 11.6 Å². The van der Waals surface area contributed by atoms with Gasteiger partial charge in [0.25, 0.3) is 0 Å². The van der Waals surface area contributed by atoms with Gasteiger partial charge in [-0.3, -0.25) is 5.43 Å². The van der Waals surface area contributed by atoms with E-state index in [1.807, 2.05) is 55.5 Å². The predicted molar refractivity (Wildman–Crippen MR) is 112 cm³/mol. The number of hydrazone groups is 1. The number of esters is 1. The molecule has 1 N–H and O–H groups in total. The van der Waals surface area contributed by atoms with Crippen LogP contribution in [0, 0.1) is 6.92 Å². The zero-order valence-corrected chi connectivity index (χ0v) is 17.6.